The van der Waals surface area contributed by atoms with Crippen molar-refractivity contribution in [2.24, 2.45) is 0 Å². The fourth-order valence-corrected chi connectivity index (χ4v) is 2.92. The highest BCUT2D eigenvalue weighted by atomic mass is 32.1. The Kier molecular flexibility index (Phi) is 3.57. The predicted molar refractivity (Wildman–Crippen MR) is 81.8 cm³/mol. The van der Waals surface area contributed by atoms with Gasteiger partial charge in [-0.2, -0.15) is 4.98 Å². The minimum absolute atomic E-state index is 0.00293. The fourth-order valence-electron chi connectivity index (χ4n) is 2.08. The van der Waals surface area contributed by atoms with E-state index in [9.17, 15) is 10.1 Å². The molecule has 0 saturated carbocycles. The highest BCUT2D eigenvalue weighted by molar-refractivity contribution is 7.09. The van der Waals surface area contributed by atoms with Crippen LogP contribution in [0.25, 0.3) is 11.1 Å². The van der Waals surface area contributed by atoms with E-state index in [0.717, 1.165) is 6.42 Å². The van der Waals surface area contributed by atoms with Crippen molar-refractivity contribution >= 4 is 34.1 Å². The van der Waals surface area contributed by atoms with Gasteiger partial charge in [-0.1, -0.05) is 6.07 Å². The molecule has 2 heterocycles. The molecule has 21 heavy (non-hydrogen) atoms. The topological polar surface area (TPSA) is 81.2 Å². The van der Waals surface area contributed by atoms with Gasteiger partial charge in [-0.15, -0.1) is 11.3 Å². The zero-order chi connectivity index (χ0) is 14.8. The van der Waals surface area contributed by atoms with Crippen LogP contribution in [0.2, 0.25) is 0 Å². The molecule has 0 bridgehead atoms. The Hall–Kier alpha value is -2.41. The van der Waals surface area contributed by atoms with Crippen LogP contribution in [0, 0.1) is 10.1 Å². The molecular formula is C14H13N3O3S. The molecule has 0 spiro atoms. The first-order chi connectivity index (χ1) is 10.1. The lowest BCUT2D eigenvalue weighted by atomic mass is 10.2. The highest BCUT2D eigenvalue weighted by Crippen LogP contribution is 2.24. The first-order valence-electron chi connectivity index (χ1n) is 6.46. The van der Waals surface area contributed by atoms with E-state index in [1.807, 2.05) is 18.4 Å². The monoisotopic (exact) mass is 303 g/mol. The Balaban J connectivity index is 1.76. The van der Waals surface area contributed by atoms with Crippen LogP contribution in [-0.2, 0) is 6.42 Å². The molecule has 0 aliphatic rings. The van der Waals surface area contributed by atoms with Crippen molar-refractivity contribution in [2.45, 2.75) is 19.4 Å². The van der Waals surface area contributed by atoms with Crippen molar-refractivity contribution in [1.82, 2.24) is 4.98 Å². The number of fused-ring (bicyclic) bond motifs is 1. The van der Waals surface area contributed by atoms with Crippen LogP contribution in [0.15, 0.2) is 40.1 Å². The van der Waals surface area contributed by atoms with Gasteiger partial charge in [0.05, 0.1) is 11.0 Å². The molecule has 1 atom stereocenters. The molecular weight excluding hydrogens is 290 g/mol. The van der Waals surface area contributed by atoms with Crippen molar-refractivity contribution in [3.8, 4) is 0 Å². The quantitative estimate of drug-likeness (QED) is 0.572. The zero-order valence-electron chi connectivity index (χ0n) is 11.3. The molecule has 3 rings (SSSR count). The number of nitrogens with zero attached hydrogens (tertiary/aromatic N) is 2. The molecule has 6 nitrogen and oxygen atoms in total. The van der Waals surface area contributed by atoms with Crippen LogP contribution >= 0.6 is 11.3 Å². The molecule has 1 aromatic carbocycles. The maximum atomic E-state index is 10.7. The largest absolute Gasteiger partial charge is 0.423 e. The van der Waals surface area contributed by atoms with E-state index in [0.29, 0.717) is 17.1 Å². The van der Waals surface area contributed by atoms with Crippen molar-refractivity contribution < 1.29 is 9.34 Å². The second-order valence-electron chi connectivity index (χ2n) is 4.76. The summed E-state index contributed by atoms with van der Waals surface area (Å²) >= 11 is 1.71. The van der Waals surface area contributed by atoms with Gasteiger partial charge >= 0.3 is 0 Å². The van der Waals surface area contributed by atoms with Gasteiger partial charge in [0.1, 0.15) is 5.52 Å². The Morgan fingerprint density at radius 1 is 1.48 bits per heavy atom. The summed E-state index contributed by atoms with van der Waals surface area (Å²) < 4.78 is 5.53. The van der Waals surface area contributed by atoms with E-state index in [1.165, 1.54) is 17.0 Å². The summed E-state index contributed by atoms with van der Waals surface area (Å²) in [4.78, 5) is 15.9. The van der Waals surface area contributed by atoms with E-state index >= 15 is 0 Å². The molecule has 0 aliphatic heterocycles. The van der Waals surface area contributed by atoms with E-state index in [4.69, 9.17) is 4.42 Å². The maximum absolute atomic E-state index is 10.7. The molecule has 7 heteroatoms. The number of nitrogens with one attached hydrogen (secondary N) is 1. The Morgan fingerprint density at radius 2 is 2.33 bits per heavy atom. The number of hydrogen-bond acceptors (Lipinski definition) is 6. The van der Waals surface area contributed by atoms with E-state index in [1.54, 1.807) is 17.4 Å². The zero-order valence-corrected chi connectivity index (χ0v) is 12.1. The Labute approximate surface area is 124 Å². The van der Waals surface area contributed by atoms with Gasteiger partial charge in [-0.3, -0.25) is 10.1 Å². The minimum Gasteiger partial charge on any atom is -0.423 e. The summed E-state index contributed by atoms with van der Waals surface area (Å²) in [5.41, 5.74) is 1.01. The number of rotatable bonds is 5. The highest BCUT2D eigenvalue weighted by Gasteiger charge is 2.13. The Morgan fingerprint density at radius 3 is 3.05 bits per heavy atom. The molecule has 1 N–H and O–H groups in total. The fraction of sp³-hybridized carbons (Fsp3) is 0.214. The molecule has 0 saturated heterocycles. The summed E-state index contributed by atoms with van der Waals surface area (Å²) in [5, 5.41) is 16.0. The molecule has 0 fully saturated rings. The average Bonchev–Trinajstić information content (AvgIpc) is 3.05. The van der Waals surface area contributed by atoms with Crippen molar-refractivity contribution in [1.29, 1.82) is 0 Å². The molecule has 0 radical (unpaired) electrons. The number of nitro groups is 1. The van der Waals surface area contributed by atoms with Gasteiger partial charge in [0.2, 0.25) is 0 Å². The van der Waals surface area contributed by atoms with Crippen LogP contribution in [-0.4, -0.2) is 15.9 Å². The second kappa shape index (κ2) is 5.53. The van der Waals surface area contributed by atoms with Gasteiger partial charge in [0.15, 0.2) is 5.58 Å². The molecule has 0 aliphatic carbocycles. The summed E-state index contributed by atoms with van der Waals surface area (Å²) in [6, 6.07) is 9.04. The number of aromatic nitrogens is 1. The van der Waals surface area contributed by atoms with Crippen LogP contribution in [0.5, 0.6) is 0 Å². The van der Waals surface area contributed by atoms with Gasteiger partial charge in [-0.05, 0) is 24.4 Å². The average molecular weight is 303 g/mol. The lowest BCUT2D eigenvalue weighted by Gasteiger charge is -2.10. The SMILES string of the molecule is CC(Cc1cccs1)Nc1nc2ccc([N+](=O)[O-])cc2o1. The number of nitro benzene ring substituents is 1. The number of benzene rings is 1. The van der Waals surface area contributed by atoms with Crippen molar-refractivity contribution in [3.05, 3.63) is 50.7 Å². The summed E-state index contributed by atoms with van der Waals surface area (Å²) in [6.07, 6.45) is 0.872. The number of hydrogen-bond donors (Lipinski definition) is 1. The van der Waals surface area contributed by atoms with Gasteiger partial charge in [0.25, 0.3) is 11.7 Å². The minimum atomic E-state index is -0.450. The van der Waals surface area contributed by atoms with Gasteiger partial charge in [-0.25, -0.2) is 0 Å². The first-order valence-corrected chi connectivity index (χ1v) is 7.33. The summed E-state index contributed by atoms with van der Waals surface area (Å²) in [7, 11) is 0. The molecule has 1 unspecified atom stereocenters. The number of non-ortho nitro benzene ring substituents is 1. The second-order valence-corrected chi connectivity index (χ2v) is 5.79. The van der Waals surface area contributed by atoms with E-state index < -0.39 is 4.92 Å². The van der Waals surface area contributed by atoms with E-state index in [-0.39, 0.29) is 11.7 Å². The van der Waals surface area contributed by atoms with E-state index in [2.05, 4.69) is 16.4 Å². The summed E-state index contributed by atoms with van der Waals surface area (Å²) in [5.74, 6) is 0. The van der Waals surface area contributed by atoms with Crippen LogP contribution < -0.4 is 5.32 Å². The van der Waals surface area contributed by atoms with Crippen molar-refractivity contribution in [3.63, 3.8) is 0 Å². The molecule has 3 aromatic rings. The molecule has 108 valence electrons. The maximum Gasteiger partial charge on any atom is 0.295 e. The normalized spacial score (nSPS) is 12.4. The standard InChI is InChI=1S/C14H13N3O3S/c1-9(7-11-3-2-6-21-11)15-14-16-12-5-4-10(17(18)19)8-13(12)20-14/h2-6,8-9H,7H2,1H3,(H,15,16). The smallest absolute Gasteiger partial charge is 0.295 e. The lowest BCUT2D eigenvalue weighted by Crippen LogP contribution is -2.17. The Bertz CT molecular complexity index is 767. The summed E-state index contributed by atoms with van der Waals surface area (Å²) in [6.45, 7) is 2.04. The third-order valence-electron chi connectivity index (χ3n) is 3.04. The van der Waals surface area contributed by atoms with Crippen molar-refractivity contribution in [2.75, 3.05) is 5.32 Å². The predicted octanol–water partition coefficient (Wildman–Crippen LogP) is 3.84. The molecule has 2 aromatic heterocycles. The van der Waals surface area contributed by atoms with Crippen LogP contribution in [0.4, 0.5) is 11.7 Å². The molecule has 0 amide bonds. The van der Waals surface area contributed by atoms with Crippen LogP contribution in [0.3, 0.4) is 0 Å². The number of oxazole rings is 1. The third kappa shape index (κ3) is 3.03. The van der Waals surface area contributed by atoms with Gasteiger partial charge in [0, 0.05) is 23.4 Å². The number of thiophene rings is 1. The number of anilines is 1. The van der Waals surface area contributed by atoms with Crippen LogP contribution in [0.1, 0.15) is 11.8 Å². The van der Waals surface area contributed by atoms with Gasteiger partial charge < -0.3 is 9.73 Å². The third-order valence-corrected chi connectivity index (χ3v) is 3.94. The lowest BCUT2D eigenvalue weighted by molar-refractivity contribution is -0.384. The first kappa shape index (κ1) is 13.6.